The summed E-state index contributed by atoms with van der Waals surface area (Å²) < 4.78 is 6.98. The normalized spacial score (nSPS) is 14.5. The number of benzene rings is 2. The van der Waals surface area contributed by atoms with Gasteiger partial charge in [0, 0.05) is 43.3 Å². The van der Waals surface area contributed by atoms with Gasteiger partial charge in [-0.15, -0.1) is 0 Å². The van der Waals surface area contributed by atoms with Crippen molar-refractivity contribution < 1.29 is 14.3 Å². The first-order valence-corrected chi connectivity index (χ1v) is 9.78. The molecule has 4 aromatic rings. The zero-order valence-electron chi connectivity index (χ0n) is 16.2. The predicted octanol–water partition coefficient (Wildman–Crippen LogP) is 2.20. The van der Waals surface area contributed by atoms with E-state index in [2.05, 4.69) is 9.88 Å². The highest BCUT2D eigenvalue weighted by molar-refractivity contribution is 6.01. The summed E-state index contributed by atoms with van der Waals surface area (Å²) in [6, 6.07) is 14.4. The third-order valence-electron chi connectivity index (χ3n) is 5.48. The summed E-state index contributed by atoms with van der Waals surface area (Å²) in [5.74, 6) is 0.0868. The number of phenolic OH excluding ortho intramolecular Hbond substituents is 1. The lowest BCUT2D eigenvalue weighted by Crippen LogP contribution is -2.50. The fraction of sp³-hybridized carbons (Fsp3) is 0.227. The lowest BCUT2D eigenvalue weighted by atomic mass is 10.2. The van der Waals surface area contributed by atoms with Crippen LogP contribution in [0.4, 0.5) is 5.69 Å². The van der Waals surface area contributed by atoms with Gasteiger partial charge in [-0.3, -0.25) is 14.2 Å². The van der Waals surface area contributed by atoms with E-state index in [1.165, 1.54) is 10.9 Å². The van der Waals surface area contributed by atoms with Crippen molar-refractivity contribution in [3.8, 4) is 5.75 Å². The molecule has 152 valence electrons. The van der Waals surface area contributed by atoms with Crippen LogP contribution in [-0.4, -0.2) is 51.6 Å². The maximum Gasteiger partial charge on any atom is 0.297 e. The number of carbonyl (C=O) groups is 1. The van der Waals surface area contributed by atoms with Crippen LogP contribution in [-0.2, 0) is 11.3 Å². The number of rotatable bonds is 3. The quantitative estimate of drug-likeness (QED) is 0.563. The molecule has 1 N–H and O–H groups in total. The first-order chi connectivity index (χ1) is 14.6. The number of hydrogen-bond donors (Lipinski definition) is 1. The minimum absolute atomic E-state index is 0.0784. The lowest BCUT2D eigenvalue weighted by molar-refractivity contribution is -0.132. The summed E-state index contributed by atoms with van der Waals surface area (Å²) in [5, 5.41) is 10.4. The number of carbonyl (C=O) groups excluding carboxylic acids is 1. The second-order valence-corrected chi connectivity index (χ2v) is 7.34. The zero-order chi connectivity index (χ0) is 20.7. The van der Waals surface area contributed by atoms with Crippen LogP contribution >= 0.6 is 0 Å². The predicted molar refractivity (Wildman–Crippen MR) is 113 cm³/mol. The van der Waals surface area contributed by atoms with Gasteiger partial charge in [0.15, 0.2) is 0 Å². The smallest absolute Gasteiger partial charge is 0.297 e. The number of nitrogens with zero attached hydrogens (tertiary/aromatic N) is 4. The first kappa shape index (κ1) is 18.2. The van der Waals surface area contributed by atoms with E-state index in [0.29, 0.717) is 37.3 Å². The second-order valence-electron chi connectivity index (χ2n) is 7.34. The monoisotopic (exact) mass is 404 g/mol. The molecular weight excluding hydrogens is 384 g/mol. The van der Waals surface area contributed by atoms with Crippen molar-refractivity contribution in [3.63, 3.8) is 0 Å². The highest BCUT2D eigenvalue weighted by Crippen LogP contribution is 2.24. The van der Waals surface area contributed by atoms with Crippen LogP contribution in [0.15, 0.2) is 64.1 Å². The number of anilines is 1. The largest absolute Gasteiger partial charge is 0.508 e. The fourth-order valence-electron chi connectivity index (χ4n) is 3.88. The molecule has 8 heteroatoms. The number of aromatic nitrogens is 2. The van der Waals surface area contributed by atoms with Crippen molar-refractivity contribution in [3.05, 3.63) is 65.2 Å². The Morgan fingerprint density at radius 3 is 2.67 bits per heavy atom. The van der Waals surface area contributed by atoms with E-state index in [9.17, 15) is 14.7 Å². The Balaban J connectivity index is 1.31. The summed E-state index contributed by atoms with van der Waals surface area (Å²) >= 11 is 0. The Morgan fingerprint density at radius 2 is 1.87 bits per heavy atom. The molecular formula is C22H20N4O4. The number of piperazine rings is 1. The molecule has 0 aliphatic carbocycles. The third kappa shape index (κ3) is 3.16. The second kappa shape index (κ2) is 7.22. The van der Waals surface area contributed by atoms with Gasteiger partial charge in [-0.2, -0.15) is 0 Å². The SMILES string of the molecule is O=C(Cn1cnc2c(oc3ccccc32)c1=O)N1CCN(c2cccc(O)c2)CC1. The van der Waals surface area contributed by atoms with Gasteiger partial charge in [0.25, 0.3) is 5.56 Å². The number of furan rings is 1. The standard InChI is InChI=1S/C22H20N4O4/c27-16-5-3-4-15(12-16)24-8-10-25(11-9-24)19(28)13-26-14-23-20-17-6-1-2-7-18(17)30-21(20)22(26)29/h1-7,12,14,27H,8-11,13H2. The van der Waals surface area contributed by atoms with E-state index < -0.39 is 0 Å². The molecule has 5 rings (SSSR count). The summed E-state index contributed by atoms with van der Waals surface area (Å²) in [6.07, 6.45) is 1.41. The van der Waals surface area contributed by atoms with Crippen LogP contribution < -0.4 is 10.5 Å². The molecule has 1 fully saturated rings. The Hall–Kier alpha value is -3.81. The molecule has 2 aromatic carbocycles. The Kier molecular flexibility index (Phi) is 4.39. The molecule has 0 unspecified atom stereocenters. The van der Waals surface area contributed by atoms with E-state index in [0.717, 1.165) is 11.1 Å². The Labute approximate surface area is 171 Å². The molecule has 1 amide bonds. The molecule has 0 atom stereocenters. The number of para-hydroxylation sites is 1. The average molecular weight is 404 g/mol. The maximum atomic E-state index is 12.8. The molecule has 0 spiro atoms. The van der Waals surface area contributed by atoms with Gasteiger partial charge in [-0.1, -0.05) is 18.2 Å². The topological polar surface area (TPSA) is 91.8 Å². The van der Waals surface area contributed by atoms with Crippen molar-refractivity contribution in [1.82, 2.24) is 14.5 Å². The lowest BCUT2D eigenvalue weighted by Gasteiger charge is -2.36. The van der Waals surface area contributed by atoms with E-state index >= 15 is 0 Å². The van der Waals surface area contributed by atoms with Crippen LogP contribution in [0.2, 0.25) is 0 Å². The van der Waals surface area contributed by atoms with Gasteiger partial charge in [-0.05, 0) is 24.3 Å². The fourth-order valence-corrected chi connectivity index (χ4v) is 3.88. The molecule has 1 aliphatic rings. The molecule has 1 aliphatic heterocycles. The highest BCUT2D eigenvalue weighted by Gasteiger charge is 2.23. The maximum absolute atomic E-state index is 12.8. The summed E-state index contributed by atoms with van der Waals surface area (Å²) in [6.45, 7) is 2.33. The summed E-state index contributed by atoms with van der Waals surface area (Å²) in [7, 11) is 0. The van der Waals surface area contributed by atoms with Gasteiger partial charge in [0.2, 0.25) is 11.5 Å². The van der Waals surface area contributed by atoms with Crippen molar-refractivity contribution in [2.24, 2.45) is 0 Å². The molecule has 1 saturated heterocycles. The first-order valence-electron chi connectivity index (χ1n) is 9.78. The van der Waals surface area contributed by atoms with Crippen LogP contribution in [0.5, 0.6) is 5.75 Å². The van der Waals surface area contributed by atoms with Crippen LogP contribution in [0.25, 0.3) is 22.1 Å². The van der Waals surface area contributed by atoms with E-state index in [1.54, 1.807) is 29.2 Å². The van der Waals surface area contributed by atoms with E-state index in [-0.39, 0.29) is 29.3 Å². The number of hydrogen-bond acceptors (Lipinski definition) is 6. The minimum Gasteiger partial charge on any atom is -0.508 e. The van der Waals surface area contributed by atoms with Crippen LogP contribution in [0.3, 0.4) is 0 Å². The van der Waals surface area contributed by atoms with Gasteiger partial charge in [0.1, 0.15) is 23.4 Å². The minimum atomic E-state index is -0.358. The van der Waals surface area contributed by atoms with Gasteiger partial charge in [0.05, 0.1) is 6.33 Å². The summed E-state index contributed by atoms with van der Waals surface area (Å²) in [5.41, 5.74) is 1.85. The van der Waals surface area contributed by atoms with Crippen molar-refractivity contribution in [1.29, 1.82) is 0 Å². The number of aromatic hydroxyl groups is 1. The molecule has 0 radical (unpaired) electrons. The number of fused-ring (bicyclic) bond motifs is 3. The molecule has 30 heavy (non-hydrogen) atoms. The van der Waals surface area contributed by atoms with Crippen molar-refractivity contribution in [2.45, 2.75) is 6.54 Å². The highest BCUT2D eigenvalue weighted by atomic mass is 16.3. The molecule has 0 bridgehead atoms. The molecule has 8 nitrogen and oxygen atoms in total. The molecule has 0 saturated carbocycles. The van der Waals surface area contributed by atoms with E-state index in [4.69, 9.17) is 4.42 Å². The number of phenols is 1. The summed E-state index contributed by atoms with van der Waals surface area (Å²) in [4.78, 5) is 33.8. The average Bonchev–Trinajstić information content (AvgIpc) is 3.15. The van der Waals surface area contributed by atoms with Crippen LogP contribution in [0.1, 0.15) is 0 Å². The van der Waals surface area contributed by atoms with Crippen LogP contribution in [0, 0.1) is 0 Å². The zero-order valence-corrected chi connectivity index (χ0v) is 16.2. The van der Waals surface area contributed by atoms with Gasteiger partial charge in [-0.25, -0.2) is 4.98 Å². The number of amides is 1. The van der Waals surface area contributed by atoms with Crippen molar-refractivity contribution >= 4 is 33.7 Å². The molecule has 3 heterocycles. The van der Waals surface area contributed by atoms with E-state index in [1.807, 2.05) is 24.3 Å². The van der Waals surface area contributed by atoms with Gasteiger partial charge >= 0.3 is 0 Å². The molecule has 2 aromatic heterocycles. The Bertz CT molecular complexity index is 1300. The Morgan fingerprint density at radius 1 is 1.07 bits per heavy atom. The van der Waals surface area contributed by atoms with Crippen molar-refractivity contribution in [2.75, 3.05) is 31.1 Å². The third-order valence-corrected chi connectivity index (χ3v) is 5.48. The van der Waals surface area contributed by atoms with Gasteiger partial charge < -0.3 is 19.3 Å².